The van der Waals surface area contributed by atoms with Crippen molar-refractivity contribution in [2.24, 2.45) is 0 Å². The summed E-state index contributed by atoms with van der Waals surface area (Å²) in [7, 11) is 0. The summed E-state index contributed by atoms with van der Waals surface area (Å²) in [5.74, 6) is -0.825. The van der Waals surface area contributed by atoms with Crippen molar-refractivity contribution in [3.05, 3.63) is 45.6 Å². The highest BCUT2D eigenvalue weighted by atomic mass is 32.1. The van der Waals surface area contributed by atoms with Crippen molar-refractivity contribution in [2.45, 2.75) is 12.8 Å². The molecule has 1 aliphatic carbocycles. The summed E-state index contributed by atoms with van der Waals surface area (Å²) in [6.07, 6.45) is 1.98. The van der Waals surface area contributed by atoms with Crippen LogP contribution in [0.4, 0.5) is 0 Å². The molecular formula is C13H10O2S. The number of aryl methyl sites for hydroxylation is 2. The SMILES string of the molecule is O=C(O)c1csc2c1-c1ccccc1CC2. The molecule has 3 rings (SSSR count). The molecule has 1 heterocycles. The predicted molar refractivity (Wildman–Crippen MR) is 64.1 cm³/mol. The Balaban J connectivity index is 2.29. The molecule has 0 spiro atoms. The highest BCUT2D eigenvalue weighted by Crippen LogP contribution is 2.39. The van der Waals surface area contributed by atoms with Crippen LogP contribution in [0, 0.1) is 0 Å². The van der Waals surface area contributed by atoms with E-state index in [0.29, 0.717) is 5.56 Å². The van der Waals surface area contributed by atoms with Gasteiger partial charge in [-0.3, -0.25) is 0 Å². The monoisotopic (exact) mass is 230 g/mol. The highest BCUT2D eigenvalue weighted by molar-refractivity contribution is 7.10. The van der Waals surface area contributed by atoms with Gasteiger partial charge >= 0.3 is 5.97 Å². The smallest absolute Gasteiger partial charge is 0.337 e. The third kappa shape index (κ3) is 1.28. The summed E-state index contributed by atoms with van der Waals surface area (Å²) in [5.41, 5.74) is 3.75. The number of hydrogen-bond donors (Lipinski definition) is 1. The molecular weight excluding hydrogens is 220 g/mol. The van der Waals surface area contributed by atoms with E-state index in [0.717, 1.165) is 24.0 Å². The quantitative estimate of drug-likeness (QED) is 0.816. The maximum absolute atomic E-state index is 11.2. The van der Waals surface area contributed by atoms with E-state index in [-0.39, 0.29) is 0 Å². The number of aromatic carboxylic acids is 1. The van der Waals surface area contributed by atoms with Crippen molar-refractivity contribution in [3.63, 3.8) is 0 Å². The minimum absolute atomic E-state index is 0.451. The van der Waals surface area contributed by atoms with Gasteiger partial charge in [0.25, 0.3) is 0 Å². The average Bonchev–Trinajstić information content (AvgIpc) is 2.73. The molecule has 0 unspecified atom stereocenters. The van der Waals surface area contributed by atoms with Crippen LogP contribution in [0.5, 0.6) is 0 Å². The van der Waals surface area contributed by atoms with Crippen LogP contribution in [-0.4, -0.2) is 11.1 Å². The summed E-state index contributed by atoms with van der Waals surface area (Å²) in [5, 5.41) is 10.9. The maximum atomic E-state index is 11.2. The van der Waals surface area contributed by atoms with Crippen LogP contribution in [0.2, 0.25) is 0 Å². The van der Waals surface area contributed by atoms with Gasteiger partial charge in [0.05, 0.1) is 5.56 Å². The van der Waals surface area contributed by atoms with Crippen LogP contribution in [0.3, 0.4) is 0 Å². The topological polar surface area (TPSA) is 37.3 Å². The van der Waals surface area contributed by atoms with Crippen molar-refractivity contribution in [1.82, 2.24) is 0 Å². The van der Waals surface area contributed by atoms with E-state index in [1.165, 1.54) is 10.4 Å². The van der Waals surface area contributed by atoms with Crippen LogP contribution in [-0.2, 0) is 12.8 Å². The van der Waals surface area contributed by atoms with E-state index in [2.05, 4.69) is 6.07 Å². The van der Waals surface area contributed by atoms with Gasteiger partial charge in [-0.05, 0) is 24.0 Å². The largest absolute Gasteiger partial charge is 0.478 e. The summed E-state index contributed by atoms with van der Waals surface area (Å²) in [6.45, 7) is 0. The van der Waals surface area contributed by atoms with Gasteiger partial charge in [0, 0.05) is 15.8 Å². The molecule has 0 aliphatic heterocycles. The van der Waals surface area contributed by atoms with Gasteiger partial charge in [-0.2, -0.15) is 0 Å². The Bertz CT molecular complexity index is 569. The first-order chi connectivity index (χ1) is 7.77. The first-order valence-corrected chi connectivity index (χ1v) is 6.07. The van der Waals surface area contributed by atoms with Crippen molar-refractivity contribution in [3.8, 4) is 11.1 Å². The van der Waals surface area contributed by atoms with E-state index in [1.807, 2.05) is 18.2 Å². The highest BCUT2D eigenvalue weighted by Gasteiger charge is 2.23. The Morgan fingerprint density at radius 1 is 1.25 bits per heavy atom. The van der Waals surface area contributed by atoms with Gasteiger partial charge in [0.15, 0.2) is 0 Å². The Labute approximate surface area is 97.2 Å². The normalized spacial score (nSPS) is 13.0. The lowest BCUT2D eigenvalue weighted by Crippen LogP contribution is -2.04. The number of carboxylic acid groups (broad SMARTS) is 1. The fraction of sp³-hybridized carbons (Fsp3) is 0.154. The summed E-state index contributed by atoms with van der Waals surface area (Å²) < 4.78 is 0. The lowest BCUT2D eigenvalue weighted by Gasteiger charge is -2.16. The minimum atomic E-state index is -0.825. The van der Waals surface area contributed by atoms with Gasteiger partial charge in [-0.15, -0.1) is 11.3 Å². The van der Waals surface area contributed by atoms with Crippen LogP contribution in [0.15, 0.2) is 29.6 Å². The number of hydrogen-bond acceptors (Lipinski definition) is 2. The Morgan fingerprint density at radius 2 is 2.06 bits per heavy atom. The molecule has 0 bridgehead atoms. The molecule has 2 nitrogen and oxygen atoms in total. The minimum Gasteiger partial charge on any atom is -0.478 e. The molecule has 0 radical (unpaired) electrons. The zero-order valence-electron chi connectivity index (χ0n) is 8.56. The molecule has 3 heteroatoms. The Hall–Kier alpha value is -1.61. The molecule has 16 heavy (non-hydrogen) atoms. The summed E-state index contributed by atoms with van der Waals surface area (Å²) in [4.78, 5) is 12.4. The van der Waals surface area contributed by atoms with E-state index < -0.39 is 5.97 Å². The standard InChI is InChI=1S/C13H10O2S/c14-13(15)10-7-16-11-6-5-8-3-1-2-4-9(8)12(10)11/h1-4,7H,5-6H2,(H,14,15). The lowest BCUT2D eigenvalue weighted by molar-refractivity contribution is 0.0698. The molecule has 2 aromatic rings. The first-order valence-electron chi connectivity index (χ1n) is 5.19. The van der Waals surface area contributed by atoms with E-state index in [9.17, 15) is 4.79 Å². The zero-order chi connectivity index (χ0) is 11.1. The number of carboxylic acids is 1. The zero-order valence-corrected chi connectivity index (χ0v) is 9.38. The average molecular weight is 230 g/mol. The molecule has 1 aliphatic rings. The third-order valence-electron chi connectivity index (χ3n) is 3.01. The number of fused-ring (bicyclic) bond motifs is 3. The molecule has 1 aromatic heterocycles. The molecule has 1 N–H and O–H groups in total. The first kappa shape index (κ1) is 9.60. The van der Waals surface area contributed by atoms with Crippen molar-refractivity contribution in [1.29, 1.82) is 0 Å². The number of benzene rings is 1. The van der Waals surface area contributed by atoms with Crippen molar-refractivity contribution < 1.29 is 9.90 Å². The maximum Gasteiger partial charge on any atom is 0.337 e. The lowest BCUT2D eigenvalue weighted by atomic mass is 9.88. The number of rotatable bonds is 1. The second-order valence-corrected chi connectivity index (χ2v) is 4.87. The molecule has 0 saturated heterocycles. The van der Waals surface area contributed by atoms with E-state index in [1.54, 1.807) is 16.7 Å². The molecule has 80 valence electrons. The van der Waals surface area contributed by atoms with E-state index >= 15 is 0 Å². The van der Waals surface area contributed by atoms with Crippen LogP contribution >= 0.6 is 11.3 Å². The Morgan fingerprint density at radius 3 is 2.88 bits per heavy atom. The molecule has 1 aromatic carbocycles. The van der Waals surface area contributed by atoms with Crippen LogP contribution < -0.4 is 0 Å². The summed E-state index contributed by atoms with van der Waals surface area (Å²) >= 11 is 1.56. The fourth-order valence-electron chi connectivity index (χ4n) is 2.27. The fourth-order valence-corrected chi connectivity index (χ4v) is 3.30. The van der Waals surface area contributed by atoms with Gasteiger partial charge in [0.2, 0.25) is 0 Å². The van der Waals surface area contributed by atoms with Crippen molar-refractivity contribution in [2.75, 3.05) is 0 Å². The molecule has 0 saturated carbocycles. The van der Waals surface area contributed by atoms with Crippen molar-refractivity contribution >= 4 is 17.3 Å². The third-order valence-corrected chi connectivity index (χ3v) is 4.05. The second kappa shape index (κ2) is 3.46. The van der Waals surface area contributed by atoms with Gasteiger partial charge < -0.3 is 5.11 Å². The summed E-state index contributed by atoms with van der Waals surface area (Å²) in [6, 6.07) is 8.09. The molecule has 0 fully saturated rings. The van der Waals surface area contributed by atoms with Crippen LogP contribution in [0.25, 0.3) is 11.1 Å². The number of thiophene rings is 1. The van der Waals surface area contributed by atoms with Gasteiger partial charge in [0.1, 0.15) is 0 Å². The van der Waals surface area contributed by atoms with E-state index in [4.69, 9.17) is 5.11 Å². The predicted octanol–water partition coefficient (Wildman–Crippen LogP) is 3.21. The van der Waals surface area contributed by atoms with Crippen LogP contribution in [0.1, 0.15) is 20.8 Å². The van der Waals surface area contributed by atoms with Gasteiger partial charge in [-0.25, -0.2) is 4.79 Å². The second-order valence-electron chi connectivity index (χ2n) is 3.91. The Kier molecular flexibility index (Phi) is 2.07. The molecule has 0 amide bonds. The van der Waals surface area contributed by atoms with Gasteiger partial charge in [-0.1, -0.05) is 24.3 Å². The number of carbonyl (C=O) groups is 1. The molecule has 0 atom stereocenters.